The van der Waals surface area contributed by atoms with Gasteiger partial charge in [-0.2, -0.15) is 0 Å². The maximum Gasteiger partial charge on any atom is 0.343 e. The Bertz CT molecular complexity index is 1310. The number of methoxy groups -OCH3 is 2. The summed E-state index contributed by atoms with van der Waals surface area (Å²) in [5.41, 5.74) is 0.819. The molecule has 13 heteroatoms. The molecule has 1 aliphatic heterocycles. The van der Waals surface area contributed by atoms with E-state index in [1.807, 2.05) is 0 Å². The van der Waals surface area contributed by atoms with E-state index >= 15 is 0 Å². The molecule has 0 aromatic heterocycles. The molecule has 0 aliphatic carbocycles. The zero-order valence-electron chi connectivity index (χ0n) is 20.6. The zero-order valence-corrected chi connectivity index (χ0v) is 22.1. The van der Waals surface area contributed by atoms with E-state index in [9.17, 15) is 24.0 Å². The number of imide groups is 1. The van der Waals surface area contributed by atoms with Crippen LogP contribution < -0.4 is 14.8 Å². The lowest BCUT2D eigenvalue weighted by molar-refractivity contribution is -0.143. The maximum absolute atomic E-state index is 12.9. The number of ether oxygens (including phenoxy) is 4. The van der Waals surface area contributed by atoms with E-state index in [1.54, 1.807) is 25.1 Å². The van der Waals surface area contributed by atoms with Crippen molar-refractivity contribution in [3.63, 3.8) is 0 Å². The molecule has 1 aliphatic rings. The SMILES string of the molecule is CCOc1cc(/C=C2/SC(=O)N(CC(=O)Nc3ccc(Cl)c(C(=O)OC)c3)C2=O)ccc1OCC(=O)OC. The number of anilines is 1. The monoisotopic (exact) mass is 562 g/mol. The highest BCUT2D eigenvalue weighted by molar-refractivity contribution is 8.18. The van der Waals surface area contributed by atoms with Crippen molar-refractivity contribution in [2.45, 2.75) is 6.92 Å². The summed E-state index contributed by atoms with van der Waals surface area (Å²) >= 11 is 6.66. The summed E-state index contributed by atoms with van der Waals surface area (Å²) in [6.45, 7) is 1.24. The van der Waals surface area contributed by atoms with E-state index in [0.29, 0.717) is 35.4 Å². The lowest BCUT2D eigenvalue weighted by Gasteiger charge is -2.13. The van der Waals surface area contributed by atoms with Crippen LogP contribution in [0.25, 0.3) is 6.08 Å². The Morgan fingerprint density at radius 3 is 2.47 bits per heavy atom. The van der Waals surface area contributed by atoms with E-state index in [-0.39, 0.29) is 27.8 Å². The molecule has 2 aromatic rings. The molecule has 2 aromatic carbocycles. The second-order valence-corrected chi connectivity index (χ2v) is 8.91. The number of benzene rings is 2. The highest BCUT2D eigenvalue weighted by Gasteiger charge is 2.36. The standard InChI is InChI=1S/C25H23ClN2O9S/c1-4-36-19-9-14(5-8-18(19)37-13-22(30)34-2)10-20-23(31)28(25(33)38-20)12-21(29)27-15-6-7-17(26)16(11-15)24(32)35-3/h5-11H,4,12-13H2,1-3H3,(H,27,29)/b20-10+. The Balaban J connectivity index is 1.71. The molecule has 1 fully saturated rings. The van der Waals surface area contributed by atoms with Gasteiger partial charge in [-0.25, -0.2) is 9.59 Å². The molecule has 11 nitrogen and oxygen atoms in total. The molecule has 0 atom stereocenters. The topological polar surface area (TPSA) is 138 Å². The van der Waals surface area contributed by atoms with Gasteiger partial charge in [-0.05, 0) is 60.7 Å². The molecule has 1 saturated heterocycles. The number of hydrogen-bond donors (Lipinski definition) is 1. The fraction of sp³-hybridized carbons (Fsp3) is 0.240. The second kappa shape index (κ2) is 13.0. The van der Waals surface area contributed by atoms with Gasteiger partial charge in [0.1, 0.15) is 6.54 Å². The molecule has 38 heavy (non-hydrogen) atoms. The van der Waals surface area contributed by atoms with E-state index in [4.69, 9.17) is 21.1 Å². The predicted octanol–water partition coefficient (Wildman–Crippen LogP) is 3.75. The van der Waals surface area contributed by atoms with Crippen molar-refractivity contribution in [3.05, 3.63) is 57.5 Å². The number of amides is 3. The minimum Gasteiger partial charge on any atom is -0.490 e. The van der Waals surface area contributed by atoms with Crippen LogP contribution in [-0.4, -0.2) is 67.9 Å². The van der Waals surface area contributed by atoms with Gasteiger partial charge in [0.2, 0.25) is 5.91 Å². The van der Waals surface area contributed by atoms with Crippen LogP contribution in [0.4, 0.5) is 10.5 Å². The number of halogens is 1. The molecular formula is C25H23ClN2O9S. The van der Waals surface area contributed by atoms with Crippen LogP contribution >= 0.6 is 23.4 Å². The van der Waals surface area contributed by atoms with Gasteiger partial charge in [-0.15, -0.1) is 0 Å². The Kier molecular flexibility index (Phi) is 9.74. The van der Waals surface area contributed by atoms with Crippen LogP contribution in [0.5, 0.6) is 11.5 Å². The van der Waals surface area contributed by atoms with Crippen molar-refractivity contribution < 1.29 is 42.9 Å². The summed E-state index contributed by atoms with van der Waals surface area (Å²) in [7, 11) is 2.44. The van der Waals surface area contributed by atoms with Gasteiger partial charge in [-0.1, -0.05) is 17.7 Å². The fourth-order valence-corrected chi connectivity index (χ4v) is 4.23. The first-order valence-electron chi connectivity index (χ1n) is 11.1. The Hall–Kier alpha value is -4.03. The van der Waals surface area contributed by atoms with Crippen LogP contribution in [0.1, 0.15) is 22.8 Å². The third-order valence-electron chi connectivity index (χ3n) is 4.97. The summed E-state index contributed by atoms with van der Waals surface area (Å²) in [6, 6.07) is 8.98. The smallest absolute Gasteiger partial charge is 0.343 e. The maximum atomic E-state index is 12.9. The quantitative estimate of drug-likeness (QED) is 0.336. The molecule has 3 rings (SSSR count). The zero-order chi connectivity index (χ0) is 27.8. The van der Waals surface area contributed by atoms with Gasteiger partial charge < -0.3 is 24.3 Å². The molecule has 0 bridgehead atoms. The van der Waals surface area contributed by atoms with Crippen LogP contribution in [0.15, 0.2) is 41.3 Å². The molecular weight excluding hydrogens is 540 g/mol. The van der Waals surface area contributed by atoms with E-state index in [0.717, 1.165) is 4.90 Å². The van der Waals surface area contributed by atoms with Crippen molar-refractivity contribution in [3.8, 4) is 11.5 Å². The van der Waals surface area contributed by atoms with Crippen molar-refractivity contribution in [1.82, 2.24) is 4.90 Å². The second-order valence-electron chi connectivity index (χ2n) is 7.51. The molecule has 3 amide bonds. The lowest BCUT2D eigenvalue weighted by Crippen LogP contribution is -2.36. The number of carbonyl (C=O) groups is 5. The average molecular weight is 563 g/mol. The number of thioether (sulfide) groups is 1. The molecule has 200 valence electrons. The number of nitrogens with zero attached hydrogens (tertiary/aromatic N) is 1. The Morgan fingerprint density at radius 2 is 1.79 bits per heavy atom. The molecule has 1 heterocycles. The third-order valence-corrected chi connectivity index (χ3v) is 6.21. The highest BCUT2D eigenvalue weighted by atomic mass is 35.5. The van der Waals surface area contributed by atoms with Gasteiger partial charge in [0.25, 0.3) is 11.1 Å². The van der Waals surface area contributed by atoms with E-state index in [2.05, 4.69) is 14.8 Å². The summed E-state index contributed by atoms with van der Waals surface area (Å²) in [6.07, 6.45) is 1.48. The van der Waals surface area contributed by atoms with Gasteiger partial charge in [0, 0.05) is 5.69 Å². The number of rotatable bonds is 10. The van der Waals surface area contributed by atoms with Crippen LogP contribution in [0, 0.1) is 0 Å². The third kappa shape index (κ3) is 7.05. The van der Waals surface area contributed by atoms with Crippen LogP contribution in [0.3, 0.4) is 0 Å². The van der Waals surface area contributed by atoms with Crippen LogP contribution in [0.2, 0.25) is 5.02 Å². The Labute approximate surface area is 227 Å². The van der Waals surface area contributed by atoms with Crippen LogP contribution in [-0.2, 0) is 23.9 Å². The largest absolute Gasteiger partial charge is 0.490 e. The van der Waals surface area contributed by atoms with Gasteiger partial charge in [0.15, 0.2) is 18.1 Å². The highest BCUT2D eigenvalue weighted by Crippen LogP contribution is 2.34. The van der Waals surface area contributed by atoms with Crippen molar-refractivity contribution >= 4 is 64.1 Å². The number of hydrogen-bond acceptors (Lipinski definition) is 10. The number of nitrogens with one attached hydrogen (secondary N) is 1. The van der Waals surface area contributed by atoms with Gasteiger partial charge >= 0.3 is 11.9 Å². The van der Waals surface area contributed by atoms with Crippen molar-refractivity contribution in [2.24, 2.45) is 0 Å². The molecule has 1 N–H and O–H groups in total. The summed E-state index contributed by atoms with van der Waals surface area (Å²) in [5.74, 6) is -1.91. The van der Waals surface area contributed by atoms with Gasteiger partial charge in [-0.3, -0.25) is 19.3 Å². The number of carbonyl (C=O) groups excluding carboxylic acids is 5. The van der Waals surface area contributed by atoms with Crippen molar-refractivity contribution in [2.75, 3.05) is 39.3 Å². The lowest BCUT2D eigenvalue weighted by atomic mass is 10.2. The van der Waals surface area contributed by atoms with Gasteiger partial charge in [0.05, 0.1) is 36.3 Å². The van der Waals surface area contributed by atoms with E-state index < -0.39 is 35.5 Å². The minimum atomic E-state index is -0.683. The first-order valence-corrected chi connectivity index (χ1v) is 12.3. The minimum absolute atomic E-state index is 0.0502. The molecule has 0 unspecified atom stereocenters. The first-order chi connectivity index (χ1) is 18.2. The summed E-state index contributed by atoms with van der Waals surface area (Å²) < 4.78 is 20.2. The normalized spacial score (nSPS) is 13.9. The molecule has 0 radical (unpaired) electrons. The summed E-state index contributed by atoms with van der Waals surface area (Å²) in [4.78, 5) is 62.0. The molecule has 0 spiro atoms. The van der Waals surface area contributed by atoms with Crippen molar-refractivity contribution in [1.29, 1.82) is 0 Å². The Morgan fingerprint density at radius 1 is 1.03 bits per heavy atom. The first kappa shape index (κ1) is 28.5. The number of esters is 2. The molecule has 0 saturated carbocycles. The average Bonchev–Trinajstić information content (AvgIpc) is 3.15. The fourth-order valence-electron chi connectivity index (χ4n) is 3.20. The predicted molar refractivity (Wildman–Crippen MR) is 139 cm³/mol. The van der Waals surface area contributed by atoms with E-state index in [1.165, 1.54) is 38.5 Å². The summed E-state index contributed by atoms with van der Waals surface area (Å²) in [5, 5.41) is 2.05.